The van der Waals surface area contributed by atoms with Crippen LogP contribution >= 0.6 is 11.6 Å². The average molecular weight is 345 g/mol. The predicted octanol–water partition coefficient (Wildman–Crippen LogP) is 3.52. The first-order valence-corrected chi connectivity index (χ1v) is 7.49. The Labute approximate surface area is 145 Å². The molecule has 0 fully saturated rings. The third-order valence-electron chi connectivity index (χ3n) is 3.11. The molecular weight excluding hydrogens is 328 g/mol. The molecule has 2 aromatic carbocycles. The highest BCUT2D eigenvalue weighted by atomic mass is 35.5. The topological polar surface area (TPSA) is 59.9 Å². The molecule has 0 aliphatic rings. The van der Waals surface area contributed by atoms with Crippen LogP contribution in [-0.2, 0) is 4.79 Å². The molecule has 24 heavy (non-hydrogen) atoms. The number of methoxy groups -OCH3 is 2. The molecule has 1 amide bonds. The maximum atomic E-state index is 11.8. The number of rotatable bonds is 6. The Bertz CT molecular complexity index is 755. The standard InChI is InChI=1S/C18H17ClN2O3/c1-23-16-8-9-17(24-2)14(11-16)5-10-18(22)21-20-12-13-3-6-15(19)7-4-13/h3-12H,1-2H3,(H,21,22)/b10-5+,20-12+. The molecule has 0 saturated heterocycles. The molecule has 0 atom stereocenters. The highest BCUT2D eigenvalue weighted by molar-refractivity contribution is 6.30. The first-order valence-electron chi connectivity index (χ1n) is 7.11. The maximum Gasteiger partial charge on any atom is 0.264 e. The van der Waals surface area contributed by atoms with Gasteiger partial charge in [0.1, 0.15) is 11.5 Å². The van der Waals surface area contributed by atoms with Crippen molar-refractivity contribution in [2.24, 2.45) is 5.10 Å². The number of hydrogen-bond donors (Lipinski definition) is 1. The van der Waals surface area contributed by atoms with Gasteiger partial charge in [-0.05, 0) is 42.0 Å². The van der Waals surface area contributed by atoms with Gasteiger partial charge in [0.25, 0.3) is 5.91 Å². The molecule has 0 saturated carbocycles. The largest absolute Gasteiger partial charge is 0.497 e. The first-order chi connectivity index (χ1) is 11.6. The molecule has 0 aliphatic heterocycles. The van der Waals surface area contributed by atoms with Crippen LogP contribution in [0.15, 0.2) is 53.6 Å². The van der Waals surface area contributed by atoms with Gasteiger partial charge in [0, 0.05) is 16.7 Å². The Balaban J connectivity index is 1.99. The van der Waals surface area contributed by atoms with Gasteiger partial charge in [0.15, 0.2) is 0 Å². The van der Waals surface area contributed by atoms with Crippen LogP contribution in [0.25, 0.3) is 6.08 Å². The van der Waals surface area contributed by atoms with Gasteiger partial charge in [0.2, 0.25) is 0 Å². The van der Waals surface area contributed by atoms with Crippen molar-refractivity contribution in [1.29, 1.82) is 0 Å². The van der Waals surface area contributed by atoms with E-state index in [1.807, 2.05) is 0 Å². The second-order valence-electron chi connectivity index (χ2n) is 4.73. The minimum atomic E-state index is -0.356. The van der Waals surface area contributed by atoms with Crippen molar-refractivity contribution >= 4 is 29.8 Å². The molecule has 0 bridgehead atoms. The second-order valence-corrected chi connectivity index (χ2v) is 5.16. The van der Waals surface area contributed by atoms with E-state index >= 15 is 0 Å². The van der Waals surface area contributed by atoms with Gasteiger partial charge in [0.05, 0.1) is 20.4 Å². The number of halogens is 1. The lowest BCUT2D eigenvalue weighted by atomic mass is 10.1. The van der Waals surface area contributed by atoms with Crippen LogP contribution in [0.4, 0.5) is 0 Å². The summed E-state index contributed by atoms with van der Waals surface area (Å²) < 4.78 is 10.4. The van der Waals surface area contributed by atoms with Crippen molar-refractivity contribution in [3.05, 3.63) is 64.7 Å². The minimum Gasteiger partial charge on any atom is -0.497 e. The van der Waals surface area contributed by atoms with Gasteiger partial charge in [-0.3, -0.25) is 4.79 Å². The number of carbonyl (C=O) groups excluding carboxylic acids is 1. The van der Waals surface area contributed by atoms with Crippen molar-refractivity contribution in [2.45, 2.75) is 0 Å². The molecule has 0 aromatic heterocycles. The zero-order chi connectivity index (χ0) is 17.4. The van der Waals surface area contributed by atoms with Crippen LogP contribution in [0.2, 0.25) is 5.02 Å². The fourth-order valence-electron chi connectivity index (χ4n) is 1.89. The molecule has 1 N–H and O–H groups in total. The fraction of sp³-hybridized carbons (Fsp3) is 0.111. The summed E-state index contributed by atoms with van der Waals surface area (Å²) in [6, 6.07) is 12.4. The summed E-state index contributed by atoms with van der Waals surface area (Å²) in [5.41, 5.74) is 3.98. The maximum absolute atomic E-state index is 11.8. The molecule has 0 spiro atoms. The molecule has 5 nitrogen and oxygen atoms in total. The van der Waals surface area contributed by atoms with Crippen LogP contribution < -0.4 is 14.9 Å². The van der Waals surface area contributed by atoms with Crippen molar-refractivity contribution < 1.29 is 14.3 Å². The molecule has 0 aliphatic carbocycles. The number of nitrogens with zero attached hydrogens (tertiary/aromatic N) is 1. The van der Waals surface area contributed by atoms with Crippen LogP contribution in [0.5, 0.6) is 11.5 Å². The molecule has 0 unspecified atom stereocenters. The van der Waals surface area contributed by atoms with Gasteiger partial charge in [-0.25, -0.2) is 5.43 Å². The van der Waals surface area contributed by atoms with E-state index in [-0.39, 0.29) is 5.91 Å². The highest BCUT2D eigenvalue weighted by Gasteiger charge is 2.02. The second kappa shape index (κ2) is 8.74. The Morgan fingerprint density at radius 1 is 1.12 bits per heavy atom. The zero-order valence-corrected chi connectivity index (χ0v) is 14.1. The van der Waals surface area contributed by atoms with Crippen LogP contribution in [0.3, 0.4) is 0 Å². The zero-order valence-electron chi connectivity index (χ0n) is 13.3. The number of nitrogens with one attached hydrogen (secondary N) is 1. The average Bonchev–Trinajstić information content (AvgIpc) is 2.61. The number of carbonyl (C=O) groups is 1. The third kappa shape index (κ3) is 5.14. The number of hydrogen-bond acceptors (Lipinski definition) is 4. The lowest BCUT2D eigenvalue weighted by Gasteiger charge is -2.06. The summed E-state index contributed by atoms with van der Waals surface area (Å²) >= 11 is 5.80. The molecule has 0 radical (unpaired) electrons. The Morgan fingerprint density at radius 2 is 1.88 bits per heavy atom. The van der Waals surface area contributed by atoms with Crippen LogP contribution in [0.1, 0.15) is 11.1 Å². The fourth-order valence-corrected chi connectivity index (χ4v) is 2.02. The van der Waals surface area contributed by atoms with E-state index < -0.39 is 0 Å². The Hall–Kier alpha value is -2.79. The number of hydrazone groups is 1. The smallest absolute Gasteiger partial charge is 0.264 e. The van der Waals surface area contributed by atoms with Gasteiger partial charge >= 0.3 is 0 Å². The first kappa shape index (κ1) is 17.6. The van der Waals surface area contributed by atoms with Gasteiger partial charge in [-0.15, -0.1) is 0 Å². The van der Waals surface area contributed by atoms with Gasteiger partial charge in [-0.2, -0.15) is 5.10 Å². The lowest BCUT2D eigenvalue weighted by Crippen LogP contribution is -2.14. The van der Waals surface area contributed by atoms with Gasteiger partial charge in [-0.1, -0.05) is 23.7 Å². The molecular formula is C18H17ClN2O3. The normalized spacial score (nSPS) is 11.0. The van der Waals surface area contributed by atoms with E-state index in [2.05, 4.69) is 10.5 Å². The third-order valence-corrected chi connectivity index (χ3v) is 3.36. The lowest BCUT2D eigenvalue weighted by molar-refractivity contribution is -0.116. The number of amides is 1. The Morgan fingerprint density at radius 3 is 2.54 bits per heavy atom. The molecule has 2 aromatic rings. The van der Waals surface area contributed by atoms with Crippen molar-refractivity contribution in [3.63, 3.8) is 0 Å². The molecule has 124 valence electrons. The van der Waals surface area contributed by atoms with Crippen molar-refractivity contribution in [3.8, 4) is 11.5 Å². The minimum absolute atomic E-state index is 0.356. The molecule has 6 heteroatoms. The van der Waals surface area contributed by atoms with E-state index in [9.17, 15) is 4.79 Å². The van der Waals surface area contributed by atoms with Gasteiger partial charge < -0.3 is 9.47 Å². The predicted molar refractivity (Wildman–Crippen MR) is 95.8 cm³/mol. The van der Waals surface area contributed by atoms with E-state index in [4.69, 9.17) is 21.1 Å². The van der Waals surface area contributed by atoms with Crippen LogP contribution in [-0.4, -0.2) is 26.3 Å². The highest BCUT2D eigenvalue weighted by Crippen LogP contribution is 2.24. The van der Waals surface area contributed by atoms with Crippen molar-refractivity contribution in [2.75, 3.05) is 14.2 Å². The SMILES string of the molecule is COc1ccc(OC)c(/C=C/C(=O)N/N=C/c2ccc(Cl)cc2)c1. The van der Waals surface area contributed by atoms with E-state index in [1.54, 1.807) is 62.8 Å². The monoisotopic (exact) mass is 344 g/mol. The summed E-state index contributed by atoms with van der Waals surface area (Å²) in [6.07, 6.45) is 4.54. The summed E-state index contributed by atoms with van der Waals surface area (Å²) in [4.78, 5) is 11.8. The molecule has 0 heterocycles. The number of ether oxygens (including phenoxy) is 2. The van der Waals surface area contributed by atoms with Crippen LogP contribution in [0, 0.1) is 0 Å². The van der Waals surface area contributed by atoms with Crippen molar-refractivity contribution in [1.82, 2.24) is 5.43 Å². The summed E-state index contributed by atoms with van der Waals surface area (Å²) in [7, 11) is 3.14. The Kier molecular flexibility index (Phi) is 6.40. The van der Waals surface area contributed by atoms with E-state index in [0.29, 0.717) is 16.5 Å². The summed E-state index contributed by atoms with van der Waals surface area (Å²) in [5.74, 6) is 0.964. The molecule has 2 rings (SSSR count). The summed E-state index contributed by atoms with van der Waals surface area (Å²) in [6.45, 7) is 0. The van der Waals surface area contributed by atoms with E-state index in [0.717, 1.165) is 11.1 Å². The van der Waals surface area contributed by atoms with E-state index in [1.165, 1.54) is 12.3 Å². The quantitative estimate of drug-likeness (QED) is 0.495. The number of benzene rings is 2. The summed E-state index contributed by atoms with van der Waals surface area (Å²) in [5, 5.41) is 4.53.